The van der Waals surface area contributed by atoms with E-state index >= 15 is 0 Å². The number of ether oxygens (including phenoxy) is 1. The lowest BCUT2D eigenvalue weighted by molar-refractivity contribution is 0.0600. The Morgan fingerprint density at radius 1 is 1.26 bits per heavy atom. The van der Waals surface area contributed by atoms with Gasteiger partial charge in [-0.05, 0) is 29.5 Å². The summed E-state index contributed by atoms with van der Waals surface area (Å²) in [7, 11) is 1.34. The van der Waals surface area contributed by atoms with E-state index in [-0.39, 0.29) is 0 Å². The molecule has 2 saturated heterocycles. The second-order valence-corrected chi connectivity index (χ2v) is 6.61. The van der Waals surface area contributed by atoms with E-state index in [2.05, 4.69) is 9.64 Å². The van der Waals surface area contributed by atoms with Gasteiger partial charge in [0.25, 0.3) is 0 Å². The van der Waals surface area contributed by atoms with Crippen LogP contribution >= 0.6 is 11.6 Å². The summed E-state index contributed by atoms with van der Waals surface area (Å²) in [6.07, 6.45) is -0.826. The van der Waals surface area contributed by atoms with Crippen molar-refractivity contribution in [2.75, 3.05) is 33.3 Å². The van der Waals surface area contributed by atoms with Crippen LogP contribution in [0.5, 0.6) is 0 Å². The fourth-order valence-corrected chi connectivity index (χ4v) is 3.78. The highest BCUT2D eigenvalue weighted by Crippen LogP contribution is 2.32. The number of carboxylic acid groups (broad SMARTS) is 1. The van der Waals surface area contributed by atoms with Gasteiger partial charge in [0.15, 0.2) is 0 Å². The Kier molecular flexibility index (Phi) is 4.46. The molecule has 2 atom stereocenters. The first kappa shape index (κ1) is 16.1. The number of carbonyl (C=O) groups excluding carboxylic acids is 1. The summed E-state index contributed by atoms with van der Waals surface area (Å²) in [6.45, 7) is 3.70. The Labute approximate surface area is 139 Å². The molecule has 2 aliphatic rings. The van der Waals surface area contributed by atoms with Crippen LogP contribution in [0.25, 0.3) is 0 Å². The van der Waals surface area contributed by atoms with E-state index in [4.69, 9.17) is 16.7 Å². The van der Waals surface area contributed by atoms with Crippen molar-refractivity contribution in [3.8, 4) is 0 Å². The number of hydrogen-bond acceptors (Lipinski definition) is 4. The molecule has 1 aromatic rings. The maximum atomic E-state index is 11.5. The lowest BCUT2D eigenvalue weighted by Gasteiger charge is -2.20. The van der Waals surface area contributed by atoms with Crippen molar-refractivity contribution in [3.63, 3.8) is 0 Å². The molecule has 3 rings (SSSR count). The third-order valence-corrected chi connectivity index (χ3v) is 5.05. The molecule has 2 fully saturated rings. The maximum absolute atomic E-state index is 11.5. The van der Waals surface area contributed by atoms with Crippen LogP contribution in [-0.4, -0.2) is 60.3 Å². The van der Waals surface area contributed by atoms with Gasteiger partial charge >= 0.3 is 12.1 Å². The van der Waals surface area contributed by atoms with E-state index in [1.807, 2.05) is 6.07 Å². The third kappa shape index (κ3) is 3.28. The van der Waals surface area contributed by atoms with Gasteiger partial charge in [0.05, 0.1) is 12.7 Å². The summed E-state index contributed by atoms with van der Waals surface area (Å²) in [5.41, 5.74) is 1.41. The van der Waals surface area contributed by atoms with Crippen LogP contribution in [0.2, 0.25) is 5.02 Å². The molecule has 7 heteroatoms. The van der Waals surface area contributed by atoms with Crippen molar-refractivity contribution < 1.29 is 19.4 Å². The second kappa shape index (κ2) is 6.37. The molecule has 2 heterocycles. The number of likely N-dealkylation sites (tertiary alicyclic amines) is 2. The lowest BCUT2D eigenvalue weighted by Crippen LogP contribution is -2.32. The van der Waals surface area contributed by atoms with Crippen molar-refractivity contribution >= 4 is 23.7 Å². The number of hydrogen-bond donors (Lipinski definition) is 1. The van der Waals surface area contributed by atoms with Crippen LogP contribution in [0, 0.1) is 11.8 Å². The highest BCUT2D eigenvalue weighted by atomic mass is 35.5. The van der Waals surface area contributed by atoms with Gasteiger partial charge in [0.1, 0.15) is 0 Å². The Morgan fingerprint density at radius 3 is 2.43 bits per heavy atom. The summed E-state index contributed by atoms with van der Waals surface area (Å²) in [6, 6.07) is 5.20. The number of fused-ring (bicyclic) bond motifs is 1. The van der Waals surface area contributed by atoms with E-state index in [1.54, 1.807) is 12.1 Å². The van der Waals surface area contributed by atoms with Gasteiger partial charge in [-0.1, -0.05) is 17.7 Å². The summed E-state index contributed by atoms with van der Waals surface area (Å²) >= 11 is 6.27. The highest BCUT2D eigenvalue weighted by molar-refractivity contribution is 6.31. The van der Waals surface area contributed by atoms with Crippen LogP contribution in [0.1, 0.15) is 15.9 Å². The van der Waals surface area contributed by atoms with E-state index in [1.165, 1.54) is 12.0 Å². The molecule has 1 aromatic carbocycles. The van der Waals surface area contributed by atoms with E-state index < -0.39 is 12.1 Å². The topological polar surface area (TPSA) is 70.1 Å². The number of rotatable bonds is 3. The molecular weight excluding hydrogens is 320 g/mol. The smallest absolute Gasteiger partial charge is 0.407 e. The molecule has 23 heavy (non-hydrogen) atoms. The Morgan fingerprint density at radius 2 is 1.91 bits per heavy atom. The molecule has 0 radical (unpaired) electrons. The molecule has 0 saturated carbocycles. The SMILES string of the molecule is COC(=O)c1ccc(CN2CC3CN(C(=O)O)CC3C2)c(Cl)c1. The summed E-state index contributed by atoms with van der Waals surface area (Å²) < 4.78 is 4.68. The van der Waals surface area contributed by atoms with Crippen molar-refractivity contribution in [3.05, 3.63) is 34.3 Å². The number of nitrogens with zero attached hydrogens (tertiary/aromatic N) is 2. The summed E-state index contributed by atoms with van der Waals surface area (Å²) in [4.78, 5) is 26.3. The highest BCUT2D eigenvalue weighted by Gasteiger charge is 2.41. The number of benzene rings is 1. The predicted octanol–water partition coefficient (Wildman–Crippen LogP) is 2.17. The summed E-state index contributed by atoms with van der Waals surface area (Å²) in [5, 5.41) is 9.61. The molecule has 2 unspecified atom stereocenters. The maximum Gasteiger partial charge on any atom is 0.407 e. The zero-order valence-electron chi connectivity index (χ0n) is 12.9. The number of halogens is 1. The average Bonchev–Trinajstić information content (AvgIpc) is 3.06. The average molecular weight is 339 g/mol. The number of amides is 1. The van der Waals surface area contributed by atoms with Gasteiger partial charge in [-0.15, -0.1) is 0 Å². The molecule has 0 bridgehead atoms. The minimum absolute atomic E-state index is 0.400. The quantitative estimate of drug-likeness (QED) is 0.855. The first-order chi connectivity index (χ1) is 11.0. The van der Waals surface area contributed by atoms with Crippen molar-refractivity contribution in [1.82, 2.24) is 9.80 Å². The number of esters is 1. The fourth-order valence-electron chi connectivity index (χ4n) is 3.54. The summed E-state index contributed by atoms with van der Waals surface area (Å²) in [5.74, 6) is 0.404. The predicted molar refractivity (Wildman–Crippen MR) is 84.6 cm³/mol. The van der Waals surface area contributed by atoms with Gasteiger partial charge in [0.2, 0.25) is 0 Å². The fraction of sp³-hybridized carbons (Fsp3) is 0.500. The zero-order valence-corrected chi connectivity index (χ0v) is 13.6. The van der Waals surface area contributed by atoms with Gasteiger partial charge < -0.3 is 14.7 Å². The van der Waals surface area contributed by atoms with Gasteiger partial charge in [0, 0.05) is 37.7 Å². The normalized spacial score (nSPS) is 23.8. The number of carbonyl (C=O) groups is 2. The molecule has 0 spiro atoms. The first-order valence-electron chi connectivity index (χ1n) is 7.55. The lowest BCUT2D eigenvalue weighted by atomic mass is 10.0. The second-order valence-electron chi connectivity index (χ2n) is 6.20. The van der Waals surface area contributed by atoms with E-state index in [0.717, 1.165) is 18.7 Å². The van der Waals surface area contributed by atoms with Crippen molar-refractivity contribution in [2.45, 2.75) is 6.54 Å². The molecule has 2 aliphatic heterocycles. The van der Waals surface area contributed by atoms with E-state index in [0.29, 0.717) is 42.1 Å². The Bertz CT molecular complexity index is 623. The van der Waals surface area contributed by atoms with Crippen LogP contribution in [0.4, 0.5) is 4.79 Å². The molecule has 1 N–H and O–H groups in total. The minimum Gasteiger partial charge on any atom is -0.465 e. The van der Waals surface area contributed by atoms with Crippen LogP contribution < -0.4 is 0 Å². The standard InChI is InChI=1S/C16H19ClN2O4/c1-23-15(20)10-2-3-11(14(17)4-10)5-18-6-12-8-19(16(21)22)9-13(12)7-18/h2-4,12-13H,5-9H2,1H3,(H,21,22). The van der Waals surface area contributed by atoms with Crippen molar-refractivity contribution in [1.29, 1.82) is 0 Å². The van der Waals surface area contributed by atoms with Crippen LogP contribution in [-0.2, 0) is 11.3 Å². The van der Waals surface area contributed by atoms with Gasteiger partial charge in [-0.25, -0.2) is 9.59 Å². The molecule has 0 aromatic heterocycles. The van der Waals surface area contributed by atoms with E-state index in [9.17, 15) is 9.59 Å². The monoisotopic (exact) mass is 338 g/mol. The third-order valence-electron chi connectivity index (χ3n) is 4.70. The van der Waals surface area contributed by atoms with Crippen LogP contribution in [0.3, 0.4) is 0 Å². The zero-order chi connectivity index (χ0) is 16.6. The van der Waals surface area contributed by atoms with Crippen molar-refractivity contribution in [2.24, 2.45) is 11.8 Å². The largest absolute Gasteiger partial charge is 0.465 e. The molecule has 124 valence electrons. The minimum atomic E-state index is -0.826. The molecule has 1 amide bonds. The molecule has 6 nitrogen and oxygen atoms in total. The molecular formula is C16H19ClN2O4. The molecule has 0 aliphatic carbocycles. The van der Waals surface area contributed by atoms with Crippen LogP contribution in [0.15, 0.2) is 18.2 Å². The first-order valence-corrected chi connectivity index (χ1v) is 7.92. The Balaban J connectivity index is 1.62. The van der Waals surface area contributed by atoms with Gasteiger partial charge in [-0.2, -0.15) is 0 Å². The van der Waals surface area contributed by atoms with Gasteiger partial charge in [-0.3, -0.25) is 4.90 Å². The number of methoxy groups -OCH3 is 1. The Hall–Kier alpha value is -1.79.